The van der Waals surface area contributed by atoms with Crippen LogP contribution in [0, 0.1) is 3.57 Å². The molecule has 4 nitrogen and oxygen atoms in total. The van der Waals surface area contributed by atoms with Crippen molar-refractivity contribution in [1.29, 1.82) is 0 Å². The fourth-order valence-electron chi connectivity index (χ4n) is 2.20. The smallest absolute Gasteiger partial charge is 0.268 e. The van der Waals surface area contributed by atoms with Crippen LogP contribution in [0.5, 0.6) is 5.75 Å². The molecule has 0 saturated heterocycles. The Morgan fingerprint density at radius 3 is 3.00 bits per heavy atom. The zero-order chi connectivity index (χ0) is 14.3. The number of nitrogens with zero attached hydrogens (tertiary/aromatic N) is 2. The second kappa shape index (κ2) is 5.54. The molecular weight excluding hydrogens is 414 g/mol. The lowest BCUT2D eigenvalue weighted by molar-refractivity contribution is 0.352. The largest absolute Gasteiger partial charge is 0.493 e. The topological polar surface area (TPSA) is 44.1 Å². The van der Waals surface area contributed by atoms with Gasteiger partial charge in [-0.2, -0.15) is 0 Å². The zero-order valence-electron chi connectivity index (χ0n) is 10.2. The van der Waals surface area contributed by atoms with Crippen molar-refractivity contribution in [3.63, 3.8) is 0 Å². The lowest BCUT2D eigenvalue weighted by Gasteiger charge is -2.11. The Bertz CT molecular complexity index is 746. The molecule has 0 spiro atoms. The van der Waals surface area contributed by atoms with Crippen LogP contribution in [-0.4, -0.2) is 16.2 Å². The van der Waals surface area contributed by atoms with E-state index in [2.05, 4.69) is 4.98 Å². The molecule has 0 radical (unpaired) electrons. The normalized spacial score (nSPS) is 13.2. The predicted octanol–water partition coefficient (Wildman–Crippen LogP) is 3.14. The van der Waals surface area contributed by atoms with Gasteiger partial charge < -0.3 is 4.74 Å². The first kappa shape index (κ1) is 14.2. The number of fused-ring (bicyclic) bond motifs is 1. The molecule has 0 bridgehead atoms. The summed E-state index contributed by atoms with van der Waals surface area (Å²) in [5.41, 5.74) is 1.79. The van der Waals surface area contributed by atoms with Crippen molar-refractivity contribution in [3.05, 3.63) is 53.7 Å². The highest BCUT2D eigenvalue weighted by atomic mass is 127. The lowest BCUT2D eigenvalue weighted by Crippen LogP contribution is -2.23. The van der Waals surface area contributed by atoms with Crippen molar-refractivity contribution < 1.29 is 4.74 Å². The van der Waals surface area contributed by atoms with E-state index in [1.807, 2.05) is 34.7 Å². The summed E-state index contributed by atoms with van der Waals surface area (Å²) in [4.78, 5) is 16.1. The molecule has 0 aliphatic carbocycles. The summed E-state index contributed by atoms with van der Waals surface area (Å²) in [6.45, 7) is 1.01. The Morgan fingerprint density at radius 2 is 2.20 bits per heavy atom. The third kappa shape index (κ3) is 2.54. The average molecular weight is 423 g/mol. The third-order valence-electron chi connectivity index (χ3n) is 3.11. The summed E-state index contributed by atoms with van der Waals surface area (Å²) in [6.07, 6.45) is 2.28. The summed E-state index contributed by atoms with van der Waals surface area (Å²) >= 11 is 13.8. The maximum absolute atomic E-state index is 12.1. The van der Waals surface area contributed by atoms with Gasteiger partial charge in [0.25, 0.3) is 5.56 Å². The number of hydrogen-bond donors (Lipinski definition) is 0. The van der Waals surface area contributed by atoms with Crippen LogP contribution in [0.4, 0.5) is 0 Å². The van der Waals surface area contributed by atoms with E-state index < -0.39 is 0 Å². The number of rotatable bonds is 2. The van der Waals surface area contributed by atoms with Crippen LogP contribution in [-0.2, 0) is 13.0 Å². The minimum absolute atomic E-state index is 0.169. The van der Waals surface area contributed by atoms with E-state index >= 15 is 0 Å². The monoisotopic (exact) mass is 422 g/mol. The highest BCUT2D eigenvalue weighted by molar-refractivity contribution is 14.1. The fraction of sp³-hybridized carbons (Fsp3) is 0.231. The molecule has 7 heteroatoms. The van der Waals surface area contributed by atoms with Gasteiger partial charge in [0.15, 0.2) is 0 Å². The average Bonchev–Trinajstić information content (AvgIpc) is 2.87. The van der Waals surface area contributed by atoms with Crippen LogP contribution in [0.2, 0.25) is 10.2 Å². The summed E-state index contributed by atoms with van der Waals surface area (Å²) in [7, 11) is 0. The van der Waals surface area contributed by atoms with Gasteiger partial charge in [0.1, 0.15) is 14.5 Å². The van der Waals surface area contributed by atoms with E-state index in [4.69, 9.17) is 27.9 Å². The molecule has 0 saturated carbocycles. The first-order valence-electron chi connectivity index (χ1n) is 5.91. The SMILES string of the molecule is O=c1c(I)c(Cl)ncn1Cc1cc(Cl)cc2c1OCC2. The predicted molar refractivity (Wildman–Crippen MR) is 86.0 cm³/mol. The number of ether oxygens (including phenoxy) is 1. The quantitative estimate of drug-likeness (QED) is 0.551. The van der Waals surface area contributed by atoms with E-state index in [9.17, 15) is 4.79 Å². The number of aromatic nitrogens is 2. The molecule has 104 valence electrons. The number of halogens is 3. The molecular formula is C13H9Cl2IN2O2. The van der Waals surface area contributed by atoms with Crippen LogP contribution >= 0.6 is 45.8 Å². The molecule has 1 aromatic carbocycles. The number of hydrogen-bond acceptors (Lipinski definition) is 3. The molecule has 0 amide bonds. The standard InChI is InChI=1S/C13H9Cl2IN2O2/c14-9-3-7-1-2-20-11(7)8(4-9)5-18-6-17-12(15)10(16)13(18)19/h3-4,6H,1-2,5H2. The lowest BCUT2D eigenvalue weighted by atomic mass is 10.1. The molecule has 3 rings (SSSR count). The first-order chi connectivity index (χ1) is 9.56. The van der Waals surface area contributed by atoms with Gasteiger partial charge in [-0.15, -0.1) is 0 Å². The minimum Gasteiger partial charge on any atom is -0.493 e. The second-order valence-corrected chi connectivity index (χ2v) is 6.31. The summed E-state index contributed by atoms with van der Waals surface area (Å²) in [6, 6.07) is 3.72. The van der Waals surface area contributed by atoms with Crippen LogP contribution in [0.25, 0.3) is 0 Å². The van der Waals surface area contributed by atoms with Crippen molar-refractivity contribution in [2.45, 2.75) is 13.0 Å². The Kier molecular flexibility index (Phi) is 3.92. The molecule has 0 unspecified atom stereocenters. The van der Waals surface area contributed by atoms with E-state index in [1.54, 1.807) is 0 Å². The first-order valence-corrected chi connectivity index (χ1v) is 7.74. The highest BCUT2D eigenvalue weighted by Gasteiger charge is 2.18. The van der Waals surface area contributed by atoms with Crippen molar-refractivity contribution in [2.75, 3.05) is 6.61 Å². The van der Waals surface area contributed by atoms with E-state index in [-0.39, 0.29) is 10.7 Å². The Morgan fingerprint density at radius 1 is 1.40 bits per heavy atom. The minimum atomic E-state index is -0.169. The Labute approximate surface area is 138 Å². The van der Waals surface area contributed by atoms with Crippen molar-refractivity contribution >= 4 is 45.8 Å². The highest BCUT2D eigenvalue weighted by Crippen LogP contribution is 2.33. The molecule has 2 aromatic rings. The summed E-state index contributed by atoms with van der Waals surface area (Å²) in [5, 5.41) is 0.869. The van der Waals surface area contributed by atoms with Gasteiger partial charge in [-0.1, -0.05) is 23.2 Å². The van der Waals surface area contributed by atoms with Crippen molar-refractivity contribution in [2.24, 2.45) is 0 Å². The zero-order valence-corrected chi connectivity index (χ0v) is 13.9. The van der Waals surface area contributed by atoms with Gasteiger partial charge in [0, 0.05) is 17.0 Å². The molecule has 0 N–H and O–H groups in total. The van der Waals surface area contributed by atoms with Gasteiger partial charge in [0.2, 0.25) is 0 Å². The maximum Gasteiger partial charge on any atom is 0.268 e. The van der Waals surface area contributed by atoms with Crippen LogP contribution < -0.4 is 10.3 Å². The van der Waals surface area contributed by atoms with Gasteiger partial charge >= 0.3 is 0 Å². The molecule has 0 atom stereocenters. The van der Waals surface area contributed by atoms with Gasteiger partial charge in [0.05, 0.1) is 19.5 Å². The molecule has 1 aliphatic heterocycles. The van der Waals surface area contributed by atoms with Crippen molar-refractivity contribution in [3.8, 4) is 5.75 Å². The number of benzene rings is 1. The van der Waals surface area contributed by atoms with Crippen LogP contribution in [0.3, 0.4) is 0 Å². The molecule has 2 heterocycles. The van der Waals surface area contributed by atoms with Crippen LogP contribution in [0.1, 0.15) is 11.1 Å². The molecule has 1 aromatic heterocycles. The second-order valence-electron chi connectivity index (χ2n) is 4.43. The van der Waals surface area contributed by atoms with Crippen LogP contribution in [0.15, 0.2) is 23.3 Å². The molecule has 20 heavy (non-hydrogen) atoms. The van der Waals surface area contributed by atoms with E-state index in [0.717, 1.165) is 23.3 Å². The molecule has 0 fully saturated rings. The third-order valence-corrected chi connectivity index (χ3v) is 4.90. The Balaban J connectivity index is 2.05. The fourth-order valence-corrected chi connectivity index (χ4v) is 3.04. The van der Waals surface area contributed by atoms with E-state index in [0.29, 0.717) is 21.7 Å². The van der Waals surface area contributed by atoms with Gasteiger partial charge in [-0.3, -0.25) is 9.36 Å². The summed E-state index contributed by atoms with van der Waals surface area (Å²) < 4.78 is 7.54. The molecule has 1 aliphatic rings. The summed E-state index contributed by atoms with van der Waals surface area (Å²) in [5.74, 6) is 0.825. The Hall–Kier alpha value is -0.790. The van der Waals surface area contributed by atoms with Gasteiger partial charge in [-0.25, -0.2) is 4.98 Å². The van der Waals surface area contributed by atoms with Gasteiger partial charge in [-0.05, 0) is 40.3 Å². The maximum atomic E-state index is 12.1. The van der Waals surface area contributed by atoms with Crippen molar-refractivity contribution in [1.82, 2.24) is 9.55 Å². The van der Waals surface area contributed by atoms with E-state index in [1.165, 1.54) is 10.9 Å².